The summed E-state index contributed by atoms with van der Waals surface area (Å²) >= 11 is 5.72. The molecule has 0 fully saturated rings. The van der Waals surface area contributed by atoms with Crippen LogP contribution in [0.1, 0.15) is 17.3 Å². The van der Waals surface area contributed by atoms with E-state index in [0.29, 0.717) is 16.3 Å². The maximum atomic E-state index is 11.3. The van der Waals surface area contributed by atoms with Crippen molar-refractivity contribution in [3.8, 4) is 5.75 Å². The number of hydrogen-bond acceptors (Lipinski definition) is 3. The van der Waals surface area contributed by atoms with Crippen LogP contribution in [0.25, 0.3) is 0 Å². The third-order valence-electron chi connectivity index (χ3n) is 1.73. The molecule has 0 radical (unpaired) electrons. The quantitative estimate of drug-likeness (QED) is 0.600. The van der Waals surface area contributed by atoms with Crippen molar-refractivity contribution in [2.45, 2.75) is 13.2 Å². The average Bonchev–Trinajstić information content (AvgIpc) is 2.06. The topological polar surface area (TPSA) is 35.5 Å². The van der Waals surface area contributed by atoms with Gasteiger partial charge >= 0.3 is 5.97 Å². The van der Waals surface area contributed by atoms with Crippen LogP contribution in [0.15, 0.2) is 18.2 Å². The monoisotopic (exact) mass is 198 g/mol. The zero-order valence-electron chi connectivity index (χ0n) is 6.91. The number of benzene rings is 1. The second kappa shape index (κ2) is 2.92. The first-order valence-electron chi connectivity index (χ1n) is 3.84. The van der Waals surface area contributed by atoms with Gasteiger partial charge in [0.05, 0.1) is 0 Å². The van der Waals surface area contributed by atoms with Gasteiger partial charge in [0.1, 0.15) is 11.3 Å². The minimum atomic E-state index is -0.527. The number of rotatable bonds is 0. The van der Waals surface area contributed by atoms with Crippen molar-refractivity contribution in [3.63, 3.8) is 0 Å². The van der Waals surface area contributed by atoms with Crippen LogP contribution in [0.2, 0.25) is 5.02 Å². The number of ether oxygens (including phenoxy) is 2. The zero-order valence-corrected chi connectivity index (χ0v) is 7.67. The Balaban J connectivity index is 2.49. The second-order valence-corrected chi connectivity index (χ2v) is 3.17. The van der Waals surface area contributed by atoms with E-state index in [1.165, 1.54) is 6.07 Å². The standard InChI is InChI=1S/C9H7ClO3/c1-5-12-8-3-2-6(10)4-7(8)9(11)13-5/h2-5H,1H3/t5-/m1/s1. The van der Waals surface area contributed by atoms with Crippen molar-refractivity contribution in [1.82, 2.24) is 0 Å². The molecule has 68 valence electrons. The molecule has 0 unspecified atom stereocenters. The summed E-state index contributed by atoms with van der Waals surface area (Å²) in [7, 11) is 0. The molecule has 1 aliphatic heterocycles. The molecule has 2 rings (SSSR count). The summed E-state index contributed by atoms with van der Waals surface area (Å²) < 4.78 is 10.1. The average molecular weight is 199 g/mol. The molecule has 13 heavy (non-hydrogen) atoms. The Labute approximate surface area is 80.2 Å². The number of carbonyl (C=O) groups excluding carboxylic acids is 1. The summed E-state index contributed by atoms with van der Waals surface area (Å²) in [6.07, 6.45) is -0.527. The van der Waals surface area contributed by atoms with Gasteiger partial charge in [0, 0.05) is 11.9 Å². The fourth-order valence-electron chi connectivity index (χ4n) is 1.18. The summed E-state index contributed by atoms with van der Waals surface area (Å²) in [5, 5.41) is 0.494. The first kappa shape index (κ1) is 8.38. The van der Waals surface area contributed by atoms with Crippen molar-refractivity contribution in [2.24, 2.45) is 0 Å². The Morgan fingerprint density at radius 3 is 2.92 bits per heavy atom. The minimum absolute atomic E-state index is 0.380. The van der Waals surface area contributed by atoms with Crippen molar-refractivity contribution in [2.75, 3.05) is 0 Å². The van der Waals surface area contributed by atoms with E-state index in [1.54, 1.807) is 19.1 Å². The number of halogens is 1. The Kier molecular flexibility index (Phi) is 1.88. The lowest BCUT2D eigenvalue weighted by Gasteiger charge is -2.22. The Bertz CT molecular complexity index is 362. The maximum Gasteiger partial charge on any atom is 0.345 e. The Morgan fingerprint density at radius 1 is 1.38 bits per heavy atom. The fourth-order valence-corrected chi connectivity index (χ4v) is 1.35. The van der Waals surface area contributed by atoms with Crippen molar-refractivity contribution >= 4 is 17.6 Å². The lowest BCUT2D eigenvalue weighted by molar-refractivity contribution is -0.0488. The normalized spacial score (nSPS) is 20.2. The number of esters is 1. The van der Waals surface area contributed by atoms with Crippen molar-refractivity contribution in [3.05, 3.63) is 28.8 Å². The first-order chi connectivity index (χ1) is 6.16. The molecule has 0 aromatic heterocycles. The van der Waals surface area contributed by atoms with E-state index in [1.807, 2.05) is 0 Å². The van der Waals surface area contributed by atoms with Gasteiger partial charge in [0.2, 0.25) is 6.29 Å². The lowest BCUT2D eigenvalue weighted by atomic mass is 10.2. The van der Waals surface area contributed by atoms with Crippen LogP contribution < -0.4 is 4.74 Å². The lowest BCUT2D eigenvalue weighted by Crippen LogP contribution is -2.26. The molecule has 1 heterocycles. The van der Waals surface area contributed by atoms with Gasteiger partial charge < -0.3 is 9.47 Å². The summed E-state index contributed by atoms with van der Waals surface area (Å²) in [6.45, 7) is 1.66. The highest BCUT2D eigenvalue weighted by Gasteiger charge is 2.24. The molecule has 0 aliphatic carbocycles. The third kappa shape index (κ3) is 1.47. The van der Waals surface area contributed by atoms with E-state index in [4.69, 9.17) is 21.1 Å². The molecule has 1 aromatic carbocycles. The van der Waals surface area contributed by atoms with Gasteiger partial charge in [0.15, 0.2) is 0 Å². The molecule has 3 nitrogen and oxygen atoms in total. The van der Waals surface area contributed by atoms with E-state index >= 15 is 0 Å². The molecular weight excluding hydrogens is 192 g/mol. The summed E-state index contributed by atoms with van der Waals surface area (Å²) in [6, 6.07) is 4.87. The summed E-state index contributed by atoms with van der Waals surface area (Å²) in [5.74, 6) is 0.129. The van der Waals surface area contributed by atoms with Gasteiger partial charge in [0.25, 0.3) is 0 Å². The molecule has 0 bridgehead atoms. The largest absolute Gasteiger partial charge is 0.454 e. The van der Waals surface area contributed by atoms with Gasteiger partial charge in [-0.25, -0.2) is 4.79 Å². The number of fused-ring (bicyclic) bond motifs is 1. The summed E-state index contributed by atoms with van der Waals surface area (Å²) in [5.41, 5.74) is 0.380. The molecular formula is C9H7ClO3. The molecule has 0 amide bonds. The van der Waals surface area contributed by atoms with Crippen LogP contribution in [0, 0.1) is 0 Å². The Hall–Kier alpha value is -1.22. The minimum Gasteiger partial charge on any atom is -0.454 e. The smallest absolute Gasteiger partial charge is 0.345 e. The molecule has 1 aliphatic rings. The molecule has 4 heteroatoms. The highest BCUT2D eigenvalue weighted by Crippen LogP contribution is 2.28. The van der Waals surface area contributed by atoms with Crippen LogP contribution in [0.4, 0.5) is 0 Å². The number of cyclic esters (lactones) is 1. The van der Waals surface area contributed by atoms with Crippen LogP contribution in [0.5, 0.6) is 5.75 Å². The van der Waals surface area contributed by atoms with E-state index in [-0.39, 0.29) is 0 Å². The van der Waals surface area contributed by atoms with E-state index in [0.717, 1.165) is 0 Å². The van der Waals surface area contributed by atoms with Gasteiger partial charge in [-0.2, -0.15) is 0 Å². The number of hydrogen-bond donors (Lipinski definition) is 0. The predicted molar refractivity (Wildman–Crippen MR) is 47.0 cm³/mol. The highest BCUT2D eigenvalue weighted by atomic mass is 35.5. The van der Waals surface area contributed by atoms with Crippen molar-refractivity contribution in [1.29, 1.82) is 0 Å². The highest BCUT2D eigenvalue weighted by molar-refractivity contribution is 6.31. The summed E-state index contributed by atoms with van der Waals surface area (Å²) in [4.78, 5) is 11.3. The molecule has 0 saturated carbocycles. The van der Waals surface area contributed by atoms with Crippen LogP contribution in [-0.4, -0.2) is 12.3 Å². The third-order valence-corrected chi connectivity index (χ3v) is 1.96. The number of carbonyl (C=O) groups is 1. The molecule has 0 N–H and O–H groups in total. The van der Waals surface area contributed by atoms with Gasteiger partial charge in [-0.3, -0.25) is 0 Å². The van der Waals surface area contributed by atoms with Crippen LogP contribution in [0.3, 0.4) is 0 Å². The zero-order chi connectivity index (χ0) is 9.42. The van der Waals surface area contributed by atoms with E-state index in [9.17, 15) is 4.79 Å². The van der Waals surface area contributed by atoms with Gasteiger partial charge in [-0.1, -0.05) is 11.6 Å². The van der Waals surface area contributed by atoms with E-state index in [2.05, 4.69) is 0 Å². The van der Waals surface area contributed by atoms with Crippen molar-refractivity contribution < 1.29 is 14.3 Å². The van der Waals surface area contributed by atoms with Gasteiger partial charge in [-0.05, 0) is 18.2 Å². The molecule has 1 aromatic rings. The fraction of sp³-hybridized carbons (Fsp3) is 0.222. The van der Waals surface area contributed by atoms with Gasteiger partial charge in [-0.15, -0.1) is 0 Å². The van der Waals surface area contributed by atoms with Crippen LogP contribution >= 0.6 is 11.6 Å². The Morgan fingerprint density at radius 2 is 2.15 bits per heavy atom. The van der Waals surface area contributed by atoms with Crippen LogP contribution in [-0.2, 0) is 4.74 Å². The SMILES string of the molecule is C[C@H]1OC(=O)c2cc(Cl)ccc2O1. The first-order valence-corrected chi connectivity index (χ1v) is 4.22. The molecule has 1 atom stereocenters. The predicted octanol–water partition coefficient (Wildman–Crippen LogP) is 2.24. The molecule has 0 saturated heterocycles. The second-order valence-electron chi connectivity index (χ2n) is 2.73. The van der Waals surface area contributed by atoms with E-state index < -0.39 is 12.3 Å². The maximum absolute atomic E-state index is 11.3. The molecule has 0 spiro atoms.